The van der Waals surface area contributed by atoms with Gasteiger partial charge in [-0.3, -0.25) is 14.4 Å². The smallest absolute Gasteiger partial charge is 0.731 e. The van der Waals surface area contributed by atoms with Crippen molar-refractivity contribution in [1.29, 1.82) is 0 Å². The second-order valence-corrected chi connectivity index (χ2v) is 6.66. The number of carbonyl (C=O) groups is 2. The number of carbonyl (C=O) groups excluding carboxylic acids is 2. The van der Waals surface area contributed by atoms with Gasteiger partial charge in [-0.2, -0.15) is 0 Å². The summed E-state index contributed by atoms with van der Waals surface area (Å²) in [7, 11) is -4.90. The van der Waals surface area contributed by atoms with Crippen LogP contribution in [0.25, 0.3) is 0 Å². The summed E-state index contributed by atoms with van der Waals surface area (Å²) >= 11 is 1.81. The number of alkyl halides is 1. The standard InChI is InChI=1S/C12H13IN2O6S.Na/c13-6-9-10(12(17)15(9)22(18,19)20)11(16)14-21-7-8-4-2-1-3-5-8;/h1-5,9-10H,6-7H2,(H,14,16)(H,18,19,20);/q;+1/p-1. The van der Waals surface area contributed by atoms with Crippen LogP contribution in [0.15, 0.2) is 30.3 Å². The summed E-state index contributed by atoms with van der Waals surface area (Å²) in [6.45, 7) is 0.103. The molecule has 2 atom stereocenters. The van der Waals surface area contributed by atoms with Gasteiger partial charge >= 0.3 is 29.6 Å². The van der Waals surface area contributed by atoms with Gasteiger partial charge < -0.3 is 4.55 Å². The average Bonchev–Trinajstić information content (AvgIpc) is 2.44. The van der Waals surface area contributed by atoms with Gasteiger partial charge in [-0.05, 0) is 5.56 Å². The quantitative estimate of drug-likeness (QED) is 0.0915. The number of hydroxylamine groups is 1. The molecule has 0 saturated carbocycles. The van der Waals surface area contributed by atoms with Crippen LogP contribution >= 0.6 is 22.6 Å². The van der Waals surface area contributed by atoms with Crippen LogP contribution in [0.2, 0.25) is 0 Å². The van der Waals surface area contributed by atoms with Crippen molar-refractivity contribution < 1.29 is 57.0 Å². The molecule has 1 aliphatic rings. The van der Waals surface area contributed by atoms with Crippen LogP contribution in [0, 0.1) is 5.92 Å². The van der Waals surface area contributed by atoms with Gasteiger partial charge in [-0.1, -0.05) is 52.9 Å². The molecule has 2 rings (SSSR count). The van der Waals surface area contributed by atoms with E-state index >= 15 is 0 Å². The van der Waals surface area contributed by atoms with E-state index in [1.807, 2.05) is 28.7 Å². The molecule has 1 aliphatic heterocycles. The van der Waals surface area contributed by atoms with Crippen molar-refractivity contribution in [2.45, 2.75) is 12.6 Å². The normalized spacial score (nSPS) is 20.4. The van der Waals surface area contributed by atoms with Crippen molar-refractivity contribution in [1.82, 2.24) is 9.79 Å². The molecule has 1 N–H and O–H groups in total. The number of amides is 2. The van der Waals surface area contributed by atoms with Crippen molar-refractivity contribution in [2.75, 3.05) is 4.43 Å². The molecule has 0 bridgehead atoms. The van der Waals surface area contributed by atoms with Crippen molar-refractivity contribution in [3.63, 3.8) is 0 Å². The Bertz CT molecular complexity index is 671. The first-order valence-electron chi connectivity index (χ1n) is 6.17. The Morgan fingerprint density at radius 1 is 1.35 bits per heavy atom. The van der Waals surface area contributed by atoms with E-state index in [4.69, 9.17) is 4.84 Å². The van der Waals surface area contributed by atoms with Crippen molar-refractivity contribution in [2.24, 2.45) is 5.92 Å². The van der Waals surface area contributed by atoms with Gasteiger partial charge in [0.25, 0.3) is 5.91 Å². The molecule has 1 saturated heterocycles. The van der Waals surface area contributed by atoms with E-state index < -0.39 is 34.1 Å². The number of nitrogens with zero attached hydrogens (tertiary/aromatic N) is 1. The minimum atomic E-state index is -4.90. The Labute approximate surface area is 169 Å². The molecule has 2 unspecified atom stereocenters. The van der Waals surface area contributed by atoms with Gasteiger partial charge in [0.2, 0.25) is 5.91 Å². The van der Waals surface area contributed by atoms with Crippen LogP contribution in [-0.2, 0) is 31.3 Å². The van der Waals surface area contributed by atoms with Crippen LogP contribution in [0.5, 0.6) is 0 Å². The SMILES string of the molecule is O=C(NOCc1ccccc1)C1C(=O)N(S(=O)(=O)[O-])C1CI.[Na+]. The second-order valence-electron chi connectivity index (χ2n) is 4.53. The molecule has 11 heteroatoms. The van der Waals surface area contributed by atoms with Gasteiger partial charge in [0.15, 0.2) is 10.3 Å². The zero-order valence-electron chi connectivity index (χ0n) is 12.1. The fraction of sp³-hybridized carbons (Fsp3) is 0.333. The monoisotopic (exact) mass is 462 g/mol. The maximum absolute atomic E-state index is 11.9. The van der Waals surface area contributed by atoms with Crippen molar-refractivity contribution >= 4 is 44.7 Å². The molecule has 1 heterocycles. The molecule has 1 fully saturated rings. The predicted octanol–water partition coefficient (Wildman–Crippen LogP) is -3.04. The van der Waals surface area contributed by atoms with Gasteiger partial charge in [-0.15, -0.1) is 0 Å². The molecule has 2 amide bonds. The Morgan fingerprint density at radius 2 is 1.96 bits per heavy atom. The summed E-state index contributed by atoms with van der Waals surface area (Å²) in [6.07, 6.45) is 0. The first kappa shape index (κ1) is 20.8. The summed E-state index contributed by atoms with van der Waals surface area (Å²) < 4.78 is 33.2. The molecule has 8 nitrogen and oxygen atoms in total. The molecule has 0 radical (unpaired) electrons. The third-order valence-electron chi connectivity index (χ3n) is 3.11. The minimum Gasteiger partial charge on any atom is -0.731 e. The Balaban J connectivity index is 0.00000264. The van der Waals surface area contributed by atoms with Gasteiger partial charge in [0.05, 0.1) is 12.6 Å². The largest absolute Gasteiger partial charge is 1.00 e. The topological polar surface area (TPSA) is 116 Å². The summed E-state index contributed by atoms with van der Waals surface area (Å²) in [4.78, 5) is 28.6. The molecule has 0 aromatic heterocycles. The predicted molar refractivity (Wildman–Crippen MR) is 82.1 cm³/mol. The zero-order chi connectivity index (χ0) is 16.3. The molecule has 0 spiro atoms. The van der Waals surface area contributed by atoms with Crippen LogP contribution in [0.4, 0.5) is 0 Å². The number of halogens is 1. The first-order valence-corrected chi connectivity index (χ1v) is 9.06. The fourth-order valence-corrected chi connectivity index (χ4v) is 4.09. The van der Waals surface area contributed by atoms with E-state index in [-0.39, 0.29) is 44.9 Å². The third kappa shape index (κ3) is 4.87. The molecule has 120 valence electrons. The minimum absolute atomic E-state index is 0. The van der Waals surface area contributed by atoms with Crippen molar-refractivity contribution in [3.8, 4) is 0 Å². The van der Waals surface area contributed by atoms with Crippen molar-refractivity contribution in [3.05, 3.63) is 35.9 Å². The molecular formula is C12H12IN2NaO6S. The number of β-lactam (4-membered cyclic amide) rings is 1. The summed E-state index contributed by atoms with van der Waals surface area (Å²) in [5.74, 6) is -3.02. The Kier molecular flexibility index (Phi) is 7.90. The molecule has 1 aromatic carbocycles. The fourth-order valence-electron chi connectivity index (χ4n) is 2.06. The maximum atomic E-state index is 11.9. The van der Waals surface area contributed by atoms with Crippen LogP contribution < -0.4 is 35.0 Å². The summed E-state index contributed by atoms with van der Waals surface area (Å²) in [5.41, 5.74) is 2.93. The van der Waals surface area contributed by atoms with Crippen LogP contribution in [0.1, 0.15) is 5.56 Å². The third-order valence-corrected chi connectivity index (χ3v) is 4.94. The van der Waals surface area contributed by atoms with E-state index in [0.29, 0.717) is 0 Å². The number of hydrogen-bond acceptors (Lipinski definition) is 6. The van der Waals surface area contributed by atoms with E-state index in [1.165, 1.54) is 0 Å². The number of nitrogens with one attached hydrogen (secondary N) is 1. The van der Waals surface area contributed by atoms with E-state index in [1.54, 1.807) is 24.3 Å². The Morgan fingerprint density at radius 3 is 2.48 bits per heavy atom. The number of rotatable bonds is 6. The van der Waals surface area contributed by atoms with Gasteiger partial charge in [-0.25, -0.2) is 18.2 Å². The molecule has 1 aromatic rings. The zero-order valence-corrected chi connectivity index (χ0v) is 17.1. The van der Waals surface area contributed by atoms with Crippen LogP contribution in [-0.4, -0.2) is 39.6 Å². The second kappa shape index (κ2) is 8.74. The van der Waals surface area contributed by atoms with Gasteiger partial charge in [0.1, 0.15) is 5.92 Å². The maximum Gasteiger partial charge on any atom is 1.00 e. The summed E-state index contributed by atoms with van der Waals surface area (Å²) in [6, 6.07) is 8.05. The molecule has 23 heavy (non-hydrogen) atoms. The molecular weight excluding hydrogens is 450 g/mol. The van der Waals surface area contributed by atoms with E-state index in [0.717, 1.165) is 5.56 Å². The van der Waals surface area contributed by atoms with Crippen LogP contribution in [0.3, 0.4) is 0 Å². The number of benzene rings is 1. The summed E-state index contributed by atoms with van der Waals surface area (Å²) in [5, 5.41) is 0. The average molecular weight is 462 g/mol. The van der Waals surface area contributed by atoms with E-state index in [9.17, 15) is 22.6 Å². The molecule has 0 aliphatic carbocycles. The Hall–Kier alpha value is -0.240. The first-order chi connectivity index (χ1) is 10.4. The van der Waals surface area contributed by atoms with Gasteiger partial charge in [0, 0.05) is 4.43 Å². The van der Waals surface area contributed by atoms with E-state index in [2.05, 4.69) is 5.48 Å². The number of hydrogen-bond donors (Lipinski definition) is 1.